The molecule has 0 saturated carbocycles. The van der Waals surface area contributed by atoms with E-state index in [1.165, 1.54) is 11.5 Å². The highest BCUT2D eigenvalue weighted by Crippen LogP contribution is 2.19. The first kappa shape index (κ1) is 23.0. The Morgan fingerprint density at radius 2 is 1.81 bits per heavy atom. The van der Waals surface area contributed by atoms with Gasteiger partial charge in [0.25, 0.3) is 5.91 Å². The summed E-state index contributed by atoms with van der Waals surface area (Å²) in [7, 11) is 1.82. The molecule has 1 amide bonds. The van der Waals surface area contributed by atoms with Crippen molar-refractivity contribution in [3.05, 3.63) is 41.2 Å². The summed E-state index contributed by atoms with van der Waals surface area (Å²) in [6, 6.07) is 7.84. The van der Waals surface area contributed by atoms with Gasteiger partial charge in [-0.15, -0.1) is 0 Å². The van der Waals surface area contributed by atoms with Gasteiger partial charge in [-0.2, -0.15) is 4.37 Å². The van der Waals surface area contributed by atoms with Gasteiger partial charge in [0.15, 0.2) is 5.96 Å². The normalized spacial score (nSPS) is 14.6. The average molecular weight is 444 g/mol. The number of guanidine groups is 1. The van der Waals surface area contributed by atoms with Gasteiger partial charge in [0.1, 0.15) is 5.82 Å². The number of piperazine rings is 1. The van der Waals surface area contributed by atoms with Crippen LogP contribution in [0.1, 0.15) is 42.5 Å². The Hall–Kier alpha value is -2.68. The van der Waals surface area contributed by atoms with Crippen molar-refractivity contribution in [2.75, 3.05) is 51.2 Å². The van der Waals surface area contributed by atoms with E-state index in [9.17, 15) is 4.79 Å². The first-order chi connectivity index (χ1) is 15.1. The number of aromatic nitrogens is 2. The van der Waals surface area contributed by atoms with Gasteiger partial charge >= 0.3 is 0 Å². The Morgan fingerprint density at radius 1 is 1.13 bits per heavy atom. The van der Waals surface area contributed by atoms with Gasteiger partial charge < -0.3 is 20.0 Å². The third-order valence-corrected chi connectivity index (χ3v) is 6.35. The molecule has 8 nitrogen and oxygen atoms in total. The molecule has 3 rings (SSSR count). The van der Waals surface area contributed by atoms with Crippen molar-refractivity contribution in [1.82, 2.24) is 24.5 Å². The fourth-order valence-electron chi connectivity index (χ4n) is 3.60. The lowest BCUT2D eigenvalue weighted by atomic mass is 10.1. The van der Waals surface area contributed by atoms with E-state index in [2.05, 4.69) is 36.4 Å². The van der Waals surface area contributed by atoms with Gasteiger partial charge in [-0.1, -0.05) is 19.1 Å². The van der Waals surface area contributed by atoms with Gasteiger partial charge in [-0.3, -0.25) is 9.79 Å². The quantitative estimate of drug-likeness (QED) is 0.523. The number of hydrogen-bond acceptors (Lipinski definition) is 6. The van der Waals surface area contributed by atoms with Crippen LogP contribution in [0.5, 0.6) is 0 Å². The van der Waals surface area contributed by atoms with Crippen molar-refractivity contribution >= 4 is 28.5 Å². The topological polar surface area (TPSA) is 77.0 Å². The summed E-state index contributed by atoms with van der Waals surface area (Å²) >= 11 is 1.48. The van der Waals surface area contributed by atoms with Crippen molar-refractivity contribution in [2.24, 2.45) is 4.99 Å². The van der Waals surface area contributed by atoms with E-state index in [1.807, 2.05) is 50.1 Å². The van der Waals surface area contributed by atoms with Crippen LogP contribution in [0.4, 0.5) is 5.13 Å². The Kier molecular flexibility index (Phi) is 8.22. The molecule has 0 atom stereocenters. The minimum Gasteiger partial charge on any atom is -0.352 e. The molecule has 1 aliphatic heterocycles. The van der Waals surface area contributed by atoms with Crippen LogP contribution in [0.15, 0.2) is 29.3 Å². The molecule has 0 aliphatic carbocycles. The van der Waals surface area contributed by atoms with E-state index in [0.29, 0.717) is 6.54 Å². The summed E-state index contributed by atoms with van der Waals surface area (Å²) in [5.41, 5.74) is 1.85. The number of anilines is 1. The summed E-state index contributed by atoms with van der Waals surface area (Å²) in [5.74, 6) is 1.90. The van der Waals surface area contributed by atoms with Crippen LogP contribution in [0.2, 0.25) is 0 Å². The number of nitrogens with one attached hydrogen (secondary N) is 1. The molecule has 1 fully saturated rings. The second-order valence-electron chi connectivity index (χ2n) is 7.40. The summed E-state index contributed by atoms with van der Waals surface area (Å²) < 4.78 is 4.39. The molecule has 0 bridgehead atoms. The number of nitrogens with zero attached hydrogens (tertiary/aromatic N) is 6. The van der Waals surface area contributed by atoms with E-state index in [4.69, 9.17) is 0 Å². The summed E-state index contributed by atoms with van der Waals surface area (Å²) in [6.45, 7) is 11.8. The highest BCUT2D eigenvalue weighted by atomic mass is 32.1. The molecule has 1 aliphatic rings. The molecule has 1 N–H and O–H groups in total. The first-order valence-corrected chi connectivity index (χ1v) is 11.8. The van der Waals surface area contributed by atoms with Gasteiger partial charge in [-0.05, 0) is 31.5 Å². The Morgan fingerprint density at radius 3 is 2.35 bits per heavy atom. The molecule has 0 radical (unpaired) electrons. The van der Waals surface area contributed by atoms with Crippen molar-refractivity contribution < 1.29 is 4.79 Å². The number of carbonyl (C=O) groups is 1. The maximum absolute atomic E-state index is 12.5. The van der Waals surface area contributed by atoms with Crippen molar-refractivity contribution in [1.29, 1.82) is 0 Å². The van der Waals surface area contributed by atoms with Crippen molar-refractivity contribution in [3.8, 4) is 0 Å². The van der Waals surface area contributed by atoms with Crippen LogP contribution in [0.3, 0.4) is 0 Å². The third-order valence-electron chi connectivity index (χ3n) is 5.54. The minimum atomic E-state index is 0.0830. The highest BCUT2D eigenvalue weighted by Gasteiger charge is 2.22. The first-order valence-electron chi connectivity index (χ1n) is 11.0. The minimum absolute atomic E-state index is 0.0830. The molecule has 168 valence electrons. The molecule has 31 heavy (non-hydrogen) atoms. The monoisotopic (exact) mass is 443 g/mol. The average Bonchev–Trinajstić information content (AvgIpc) is 3.30. The number of amides is 1. The molecular weight excluding hydrogens is 410 g/mol. The van der Waals surface area contributed by atoms with Gasteiger partial charge in [0.05, 0.1) is 0 Å². The lowest BCUT2D eigenvalue weighted by molar-refractivity contribution is 0.0773. The van der Waals surface area contributed by atoms with Crippen molar-refractivity contribution in [2.45, 2.75) is 33.7 Å². The number of hydrogen-bond donors (Lipinski definition) is 1. The maximum atomic E-state index is 12.5. The summed E-state index contributed by atoms with van der Waals surface area (Å²) in [6.07, 6.45) is 0.873. The van der Waals surface area contributed by atoms with E-state index in [0.717, 1.165) is 73.7 Å². The smallest absolute Gasteiger partial charge is 0.253 e. The van der Waals surface area contributed by atoms with Crippen LogP contribution in [-0.2, 0) is 13.0 Å². The third kappa shape index (κ3) is 5.72. The van der Waals surface area contributed by atoms with Gasteiger partial charge in [-0.25, -0.2) is 4.98 Å². The van der Waals surface area contributed by atoms with Gasteiger partial charge in [0.2, 0.25) is 5.13 Å². The molecule has 0 unspecified atom stereocenters. The van der Waals surface area contributed by atoms with Gasteiger partial charge in [0, 0.05) is 76.4 Å². The van der Waals surface area contributed by atoms with Crippen LogP contribution < -0.4 is 10.2 Å². The molecule has 1 aromatic heterocycles. The van der Waals surface area contributed by atoms with Crippen LogP contribution in [0.25, 0.3) is 0 Å². The molecule has 1 saturated heterocycles. The largest absolute Gasteiger partial charge is 0.352 e. The summed E-state index contributed by atoms with van der Waals surface area (Å²) in [5, 5.41) is 4.47. The predicted octanol–water partition coefficient (Wildman–Crippen LogP) is 2.48. The highest BCUT2D eigenvalue weighted by molar-refractivity contribution is 7.09. The molecule has 2 heterocycles. The van der Waals surface area contributed by atoms with Crippen LogP contribution in [-0.4, -0.2) is 77.3 Å². The lowest BCUT2D eigenvalue weighted by Crippen LogP contribution is -2.52. The van der Waals surface area contributed by atoms with E-state index in [-0.39, 0.29) is 5.91 Å². The molecule has 0 spiro atoms. The summed E-state index contributed by atoms with van der Waals surface area (Å²) in [4.78, 5) is 27.9. The fraction of sp³-hybridized carbons (Fsp3) is 0.545. The lowest BCUT2D eigenvalue weighted by Gasteiger charge is -2.36. The van der Waals surface area contributed by atoms with E-state index >= 15 is 0 Å². The van der Waals surface area contributed by atoms with Crippen LogP contribution >= 0.6 is 11.5 Å². The molecule has 2 aromatic rings. The Bertz CT molecular complexity index is 868. The standard InChI is InChI=1S/C22H33N7OS/c1-5-19-25-22(31-26-19)29-14-12-28(13-15-29)21(23-4)24-16-17-8-10-18(11-9-17)20(30)27(6-2)7-3/h8-11H,5-7,12-16H2,1-4H3,(H,23,24). The van der Waals surface area contributed by atoms with Crippen molar-refractivity contribution in [3.63, 3.8) is 0 Å². The predicted molar refractivity (Wildman–Crippen MR) is 127 cm³/mol. The SMILES string of the molecule is CCc1nsc(N2CCN(C(=NC)NCc3ccc(C(=O)N(CC)CC)cc3)CC2)n1. The van der Waals surface area contributed by atoms with E-state index in [1.54, 1.807) is 0 Å². The number of carbonyl (C=O) groups excluding carboxylic acids is 1. The number of aryl methyl sites for hydroxylation is 1. The Labute approximate surface area is 189 Å². The maximum Gasteiger partial charge on any atom is 0.253 e. The zero-order valence-electron chi connectivity index (χ0n) is 19.0. The second-order valence-corrected chi connectivity index (χ2v) is 8.13. The molecule has 9 heteroatoms. The number of rotatable bonds is 7. The zero-order valence-corrected chi connectivity index (χ0v) is 19.8. The zero-order chi connectivity index (χ0) is 22.2. The van der Waals surface area contributed by atoms with E-state index < -0.39 is 0 Å². The number of benzene rings is 1. The Balaban J connectivity index is 1.51. The second kappa shape index (κ2) is 11.1. The molecular formula is C22H33N7OS. The number of aliphatic imine (C=N–C) groups is 1. The molecule has 1 aromatic carbocycles. The fourth-order valence-corrected chi connectivity index (χ4v) is 4.40. The van der Waals surface area contributed by atoms with Crippen LogP contribution in [0, 0.1) is 0 Å².